The van der Waals surface area contributed by atoms with Gasteiger partial charge >= 0.3 is 5.97 Å². The highest BCUT2D eigenvalue weighted by Crippen LogP contribution is 2.39. The number of rotatable bonds is 5. The first-order valence-electron chi connectivity index (χ1n) is 8.62. The molecule has 0 unspecified atom stereocenters. The number of carbonyl (C=O) groups is 3. The summed E-state index contributed by atoms with van der Waals surface area (Å²) in [6, 6.07) is 8.50. The molecule has 2 amide bonds. The summed E-state index contributed by atoms with van der Waals surface area (Å²) >= 11 is 0.762. The average Bonchev–Trinajstić information content (AvgIpc) is 2.94. The SMILES string of the molecule is COc1ccc(/C=C2/SC(=O)N(c3ccc(C)cc3C)C2=O)c(C(=O)O)c1OC. The zero-order valence-corrected chi connectivity index (χ0v) is 17.1. The molecule has 0 aromatic heterocycles. The Morgan fingerprint density at radius 1 is 1.10 bits per heavy atom. The lowest BCUT2D eigenvalue weighted by Gasteiger charge is -2.16. The summed E-state index contributed by atoms with van der Waals surface area (Å²) in [5.74, 6) is -1.44. The molecule has 150 valence electrons. The third kappa shape index (κ3) is 3.71. The summed E-state index contributed by atoms with van der Waals surface area (Å²) in [5, 5.41) is 9.21. The van der Waals surface area contributed by atoms with Gasteiger partial charge in [0.25, 0.3) is 11.1 Å². The highest BCUT2D eigenvalue weighted by Gasteiger charge is 2.37. The number of nitrogens with zero attached hydrogens (tertiary/aromatic N) is 1. The quantitative estimate of drug-likeness (QED) is 0.732. The monoisotopic (exact) mass is 413 g/mol. The minimum atomic E-state index is -1.24. The first kappa shape index (κ1) is 20.5. The molecule has 1 aliphatic rings. The summed E-state index contributed by atoms with van der Waals surface area (Å²) in [5.41, 5.74) is 2.41. The molecular weight excluding hydrogens is 394 g/mol. The molecule has 1 N–H and O–H groups in total. The summed E-state index contributed by atoms with van der Waals surface area (Å²) in [7, 11) is 2.74. The lowest BCUT2D eigenvalue weighted by molar-refractivity contribution is -0.113. The molecule has 0 radical (unpaired) electrons. The van der Waals surface area contributed by atoms with Gasteiger partial charge in [0.05, 0.1) is 24.8 Å². The van der Waals surface area contributed by atoms with Crippen molar-refractivity contribution in [2.24, 2.45) is 0 Å². The fourth-order valence-corrected chi connectivity index (χ4v) is 3.98. The number of carboxylic acid groups (broad SMARTS) is 1. The molecule has 0 aliphatic carbocycles. The van der Waals surface area contributed by atoms with Gasteiger partial charge < -0.3 is 14.6 Å². The molecule has 0 atom stereocenters. The molecule has 0 spiro atoms. The van der Waals surface area contributed by atoms with E-state index in [1.165, 1.54) is 26.4 Å². The van der Waals surface area contributed by atoms with E-state index in [0.717, 1.165) is 27.8 Å². The zero-order valence-electron chi connectivity index (χ0n) is 16.3. The summed E-state index contributed by atoms with van der Waals surface area (Å²) in [6.07, 6.45) is 1.39. The Morgan fingerprint density at radius 2 is 1.83 bits per heavy atom. The Hall–Kier alpha value is -3.26. The second-order valence-corrected chi connectivity index (χ2v) is 7.37. The van der Waals surface area contributed by atoms with Crippen LogP contribution in [0.1, 0.15) is 27.0 Å². The van der Waals surface area contributed by atoms with Crippen molar-refractivity contribution in [3.8, 4) is 11.5 Å². The Balaban J connectivity index is 2.07. The average molecular weight is 413 g/mol. The molecule has 8 heteroatoms. The molecule has 1 heterocycles. The third-order valence-electron chi connectivity index (χ3n) is 4.47. The van der Waals surface area contributed by atoms with E-state index in [4.69, 9.17) is 9.47 Å². The van der Waals surface area contributed by atoms with Crippen LogP contribution in [0.4, 0.5) is 10.5 Å². The maximum atomic E-state index is 12.9. The maximum absolute atomic E-state index is 12.9. The van der Waals surface area contributed by atoms with E-state index in [9.17, 15) is 19.5 Å². The summed E-state index contributed by atoms with van der Waals surface area (Å²) in [4.78, 5) is 38.5. The Bertz CT molecular complexity index is 1060. The largest absolute Gasteiger partial charge is 0.493 e. The van der Waals surface area contributed by atoms with Gasteiger partial charge in [-0.15, -0.1) is 0 Å². The van der Waals surface area contributed by atoms with Gasteiger partial charge in [-0.2, -0.15) is 0 Å². The van der Waals surface area contributed by atoms with Crippen LogP contribution in [0.5, 0.6) is 11.5 Å². The van der Waals surface area contributed by atoms with Crippen LogP contribution in [0.2, 0.25) is 0 Å². The van der Waals surface area contributed by atoms with Crippen LogP contribution in [0, 0.1) is 13.8 Å². The Morgan fingerprint density at radius 3 is 2.41 bits per heavy atom. The molecule has 0 bridgehead atoms. The van der Waals surface area contributed by atoms with Crippen molar-refractivity contribution in [3.63, 3.8) is 0 Å². The number of methoxy groups -OCH3 is 2. The van der Waals surface area contributed by atoms with Crippen molar-refractivity contribution in [3.05, 3.63) is 57.5 Å². The standard InChI is InChI=1S/C21H19NO6S/c1-11-5-7-14(12(2)9-11)22-19(23)16(29-21(22)26)10-13-6-8-15(27-3)18(28-4)17(13)20(24)25/h5-10H,1-4H3,(H,24,25)/b16-10+. The molecule has 3 rings (SSSR count). The van der Waals surface area contributed by atoms with Crippen LogP contribution in [-0.2, 0) is 4.79 Å². The number of carbonyl (C=O) groups excluding carboxylic acids is 2. The van der Waals surface area contributed by atoms with E-state index in [2.05, 4.69) is 0 Å². The molecule has 2 aromatic carbocycles. The van der Waals surface area contributed by atoms with Gasteiger partial charge in [0.15, 0.2) is 11.5 Å². The molecule has 2 aromatic rings. The van der Waals surface area contributed by atoms with Gasteiger partial charge in [0.1, 0.15) is 5.56 Å². The number of aromatic carboxylic acids is 1. The number of anilines is 1. The molecule has 7 nitrogen and oxygen atoms in total. The van der Waals surface area contributed by atoms with Crippen LogP contribution >= 0.6 is 11.8 Å². The van der Waals surface area contributed by atoms with Gasteiger partial charge in [-0.25, -0.2) is 9.69 Å². The second-order valence-electron chi connectivity index (χ2n) is 6.38. The van der Waals surface area contributed by atoms with Gasteiger partial charge in [-0.1, -0.05) is 23.8 Å². The van der Waals surface area contributed by atoms with E-state index in [1.54, 1.807) is 12.1 Å². The number of amides is 2. The van der Waals surface area contributed by atoms with Crippen molar-refractivity contribution in [1.29, 1.82) is 0 Å². The third-order valence-corrected chi connectivity index (χ3v) is 5.33. The molecule has 1 aliphatic heterocycles. The number of imide groups is 1. The summed E-state index contributed by atoms with van der Waals surface area (Å²) < 4.78 is 10.3. The number of carboxylic acids is 1. The minimum Gasteiger partial charge on any atom is -0.493 e. The second kappa shape index (κ2) is 8.00. The molecule has 1 saturated heterocycles. The van der Waals surface area contributed by atoms with Crippen LogP contribution in [0.25, 0.3) is 6.08 Å². The van der Waals surface area contributed by atoms with E-state index in [-0.39, 0.29) is 27.5 Å². The Labute approximate surface area is 171 Å². The van der Waals surface area contributed by atoms with Crippen LogP contribution in [0.3, 0.4) is 0 Å². The summed E-state index contributed by atoms with van der Waals surface area (Å²) in [6.45, 7) is 3.75. The number of thioether (sulfide) groups is 1. The van der Waals surface area contributed by atoms with Gasteiger partial charge in [-0.05, 0) is 54.9 Å². The maximum Gasteiger partial charge on any atom is 0.340 e. The number of benzene rings is 2. The van der Waals surface area contributed by atoms with Crippen LogP contribution in [-0.4, -0.2) is 36.4 Å². The van der Waals surface area contributed by atoms with Crippen LogP contribution < -0.4 is 14.4 Å². The predicted octanol–water partition coefficient (Wildman–Crippen LogP) is 4.26. The van der Waals surface area contributed by atoms with Crippen LogP contribution in [0.15, 0.2) is 35.2 Å². The minimum absolute atomic E-state index is 0.0438. The molecule has 0 saturated carbocycles. The van der Waals surface area contributed by atoms with E-state index in [1.807, 2.05) is 26.0 Å². The van der Waals surface area contributed by atoms with Gasteiger partial charge in [-0.3, -0.25) is 9.59 Å². The van der Waals surface area contributed by atoms with Crippen molar-refractivity contribution in [1.82, 2.24) is 0 Å². The fraction of sp³-hybridized carbons (Fsp3) is 0.190. The van der Waals surface area contributed by atoms with E-state index in [0.29, 0.717) is 5.69 Å². The molecular formula is C21H19NO6S. The topological polar surface area (TPSA) is 93.1 Å². The van der Waals surface area contributed by atoms with E-state index < -0.39 is 17.1 Å². The zero-order chi connectivity index (χ0) is 21.3. The highest BCUT2D eigenvalue weighted by atomic mass is 32.2. The first-order valence-corrected chi connectivity index (χ1v) is 9.43. The fourth-order valence-electron chi connectivity index (χ4n) is 3.16. The van der Waals surface area contributed by atoms with Gasteiger partial charge in [0.2, 0.25) is 0 Å². The lowest BCUT2D eigenvalue weighted by atomic mass is 10.0. The number of aryl methyl sites for hydroxylation is 2. The van der Waals surface area contributed by atoms with Crippen molar-refractivity contribution in [2.45, 2.75) is 13.8 Å². The van der Waals surface area contributed by atoms with Gasteiger partial charge in [0, 0.05) is 0 Å². The molecule has 1 fully saturated rings. The van der Waals surface area contributed by atoms with Crippen molar-refractivity contribution >= 4 is 40.6 Å². The number of hydrogen-bond donors (Lipinski definition) is 1. The normalized spacial score (nSPS) is 15.2. The van der Waals surface area contributed by atoms with E-state index >= 15 is 0 Å². The predicted molar refractivity (Wildman–Crippen MR) is 111 cm³/mol. The number of hydrogen-bond acceptors (Lipinski definition) is 6. The number of ether oxygens (including phenoxy) is 2. The highest BCUT2D eigenvalue weighted by molar-refractivity contribution is 8.19. The Kier molecular flexibility index (Phi) is 5.65. The smallest absolute Gasteiger partial charge is 0.340 e. The van der Waals surface area contributed by atoms with Crippen molar-refractivity contribution < 1.29 is 29.0 Å². The lowest BCUT2D eigenvalue weighted by Crippen LogP contribution is -2.28. The molecule has 29 heavy (non-hydrogen) atoms. The van der Waals surface area contributed by atoms with Crippen molar-refractivity contribution in [2.75, 3.05) is 19.1 Å². The first-order chi connectivity index (χ1) is 13.8.